The average Bonchev–Trinajstić information content (AvgIpc) is 2.84. The fourth-order valence-corrected chi connectivity index (χ4v) is 3.58. The van der Waals surface area contributed by atoms with Crippen molar-refractivity contribution in [3.8, 4) is 0 Å². The molecular weight excluding hydrogens is 410 g/mol. The van der Waals surface area contributed by atoms with Crippen molar-refractivity contribution in [1.29, 1.82) is 0 Å². The average molecular weight is 431 g/mol. The van der Waals surface area contributed by atoms with E-state index in [-0.39, 0.29) is 17.0 Å². The van der Waals surface area contributed by atoms with Crippen molar-refractivity contribution >= 4 is 28.8 Å². The van der Waals surface area contributed by atoms with E-state index in [0.717, 1.165) is 5.69 Å². The number of rotatable bonds is 6. The van der Waals surface area contributed by atoms with Crippen molar-refractivity contribution in [2.45, 2.75) is 0 Å². The molecule has 162 valence electrons. The minimum Gasteiger partial charge on any atom is -0.378 e. The van der Waals surface area contributed by atoms with Crippen molar-refractivity contribution in [2.24, 2.45) is 0 Å². The van der Waals surface area contributed by atoms with Gasteiger partial charge < -0.3 is 15.0 Å². The van der Waals surface area contributed by atoms with Crippen molar-refractivity contribution in [3.05, 3.63) is 99.6 Å². The van der Waals surface area contributed by atoms with Crippen LogP contribution >= 0.6 is 0 Å². The number of nitrogens with zero attached hydrogens (tertiary/aromatic N) is 2. The molecule has 32 heavy (non-hydrogen) atoms. The van der Waals surface area contributed by atoms with Crippen LogP contribution in [0.1, 0.15) is 26.3 Å². The van der Waals surface area contributed by atoms with Gasteiger partial charge in [-0.25, -0.2) is 0 Å². The van der Waals surface area contributed by atoms with Gasteiger partial charge in [0.1, 0.15) is 0 Å². The molecule has 1 fully saturated rings. The molecule has 8 nitrogen and oxygen atoms in total. The lowest BCUT2D eigenvalue weighted by Gasteiger charge is -2.30. The van der Waals surface area contributed by atoms with E-state index < -0.39 is 10.8 Å². The van der Waals surface area contributed by atoms with Crippen molar-refractivity contribution in [3.63, 3.8) is 0 Å². The van der Waals surface area contributed by atoms with Crippen LogP contribution in [-0.4, -0.2) is 42.9 Å². The molecule has 0 unspecified atom stereocenters. The maximum atomic E-state index is 13.3. The number of nitro groups is 1. The zero-order valence-electron chi connectivity index (χ0n) is 17.2. The lowest BCUT2D eigenvalue weighted by Crippen LogP contribution is -2.37. The summed E-state index contributed by atoms with van der Waals surface area (Å²) in [7, 11) is 0. The lowest BCUT2D eigenvalue weighted by molar-refractivity contribution is -0.384. The van der Waals surface area contributed by atoms with Crippen molar-refractivity contribution in [1.82, 2.24) is 0 Å². The molecule has 1 heterocycles. The Labute approximate surface area is 184 Å². The molecule has 0 bridgehead atoms. The second-order valence-corrected chi connectivity index (χ2v) is 7.29. The van der Waals surface area contributed by atoms with E-state index in [9.17, 15) is 19.7 Å². The first-order valence-electron chi connectivity index (χ1n) is 10.2. The summed E-state index contributed by atoms with van der Waals surface area (Å²) in [5, 5.41) is 13.7. The van der Waals surface area contributed by atoms with Crippen LogP contribution < -0.4 is 10.2 Å². The fraction of sp³-hybridized carbons (Fsp3) is 0.167. The van der Waals surface area contributed by atoms with Gasteiger partial charge in [-0.3, -0.25) is 19.7 Å². The largest absolute Gasteiger partial charge is 0.378 e. The van der Waals surface area contributed by atoms with Gasteiger partial charge in [0, 0.05) is 53.3 Å². The Bertz CT molecular complexity index is 1160. The minimum atomic E-state index is -0.551. The minimum absolute atomic E-state index is 0.154. The first kappa shape index (κ1) is 21.2. The molecule has 3 aromatic carbocycles. The van der Waals surface area contributed by atoms with E-state index in [1.54, 1.807) is 36.4 Å². The number of nitro benzene ring substituents is 1. The summed E-state index contributed by atoms with van der Waals surface area (Å²) in [6.07, 6.45) is 0. The van der Waals surface area contributed by atoms with Gasteiger partial charge in [0.25, 0.3) is 11.6 Å². The number of morpholine rings is 1. The van der Waals surface area contributed by atoms with Crippen molar-refractivity contribution < 1.29 is 19.2 Å². The van der Waals surface area contributed by atoms with Crippen LogP contribution in [0, 0.1) is 10.1 Å². The smallest absolute Gasteiger partial charge is 0.270 e. The summed E-state index contributed by atoms with van der Waals surface area (Å²) in [5.41, 5.74) is 2.21. The van der Waals surface area contributed by atoms with E-state index in [4.69, 9.17) is 4.74 Å². The van der Waals surface area contributed by atoms with Gasteiger partial charge in [0.2, 0.25) is 0 Å². The van der Waals surface area contributed by atoms with Gasteiger partial charge in [-0.2, -0.15) is 0 Å². The number of carbonyl (C=O) groups is 2. The zero-order chi connectivity index (χ0) is 22.5. The molecule has 8 heteroatoms. The number of benzene rings is 3. The maximum Gasteiger partial charge on any atom is 0.270 e. The van der Waals surface area contributed by atoms with Crippen LogP contribution in [0.5, 0.6) is 0 Å². The summed E-state index contributed by atoms with van der Waals surface area (Å²) in [6, 6.07) is 19.6. The molecule has 1 amide bonds. The molecule has 0 aromatic heterocycles. The Morgan fingerprint density at radius 2 is 1.62 bits per heavy atom. The van der Waals surface area contributed by atoms with Crippen LogP contribution in [0.3, 0.4) is 0 Å². The van der Waals surface area contributed by atoms with E-state index in [1.807, 2.05) is 12.1 Å². The van der Waals surface area contributed by atoms with E-state index >= 15 is 0 Å². The molecular formula is C24H21N3O5. The molecule has 0 spiro atoms. The molecule has 1 aliphatic rings. The molecule has 1 saturated heterocycles. The molecule has 1 N–H and O–H groups in total. The third-order valence-electron chi connectivity index (χ3n) is 5.21. The number of ketones is 1. The summed E-state index contributed by atoms with van der Waals surface area (Å²) < 4.78 is 5.43. The van der Waals surface area contributed by atoms with E-state index in [1.165, 1.54) is 24.3 Å². The van der Waals surface area contributed by atoms with E-state index in [2.05, 4.69) is 10.2 Å². The number of nitrogens with one attached hydrogen (secondary N) is 1. The Morgan fingerprint density at radius 1 is 0.906 bits per heavy atom. The Balaban J connectivity index is 1.66. The molecule has 0 saturated carbocycles. The monoisotopic (exact) mass is 431 g/mol. The number of anilines is 2. The highest BCUT2D eigenvalue weighted by atomic mass is 16.6. The third-order valence-corrected chi connectivity index (χ3v) is 5.21. The Morgan fingerprint density at radius 3 is 2.34 bits per heavy atom. The highest BCUT2D eigenvalue weighted by Gasteiger charge is 2.21. The summed E-state index contributed by atoms with van der Waals surface area (Å²) in [6.45, 7) is 2.47. The zero-order valence-corrected chi connectivity index (χ0v) is 17.2. The number of non-ortho nitro benzene ring substituents is 1. The van der Waals surface area contributed by atoms with Crippen LogP contribution in [-0.2, 0) is 4.74 Å². The first-order valence-corrected chi connectivity index (χ1v) is 10.2. The van der Waals surface area contributed by atoms with Gasteiger partial charge in [0.15, 0.2) is 5.78 Å². The normalized spacial score (nSPS) is 13.4. The second-order valence-electron chi connectivity index (χ2n) is 7.29. The fourth-order valence-electron chi connectivity index (χ4n) is 3.58. The maximum absolute atomic E-state index is 13.3. The van der Waals surface area contributed by atoms with Crippen LogP contribution in [0.2, 0.25) is 0 Å². The summed E-state index contributed by atoms with van der Waals surface area (Å²) in [4.78, 5) is 38.5. The topological polar surface area (TPSA) is 102 Å². The third kappa shape index (κ3) is 4.65. The Hall–Kier alpha value is -4.04. The molecule has 0 atom stereocenters. The second kappa shape index (κ2) is 9.40. The highest BCUT2D eigenvalue weighted by Crippen LogP contribution is 2.28. The standard InChI is InChI=1S/C24H21N3O5/c28-23(17-5-2-1-3-6-17)21-16-19(9-10-22(21)26-11-13-32-14-12-26)25-24(29)18-7-4-8-20(15-18)27(30)31/h1-10,15-16H,11-14H2,(H,25,29). The SMILES string of the molecule is O=C(Nc1ccc(N2CCOCC2)c(C(=O)c2ccccc2)c1)c1cccc([N+](=O)[O-])c1. The summed E-state index contributed by atoms with van der Waals surface area (Å²) >= 11 is 0. The van der Waals surface area contributed by atoms with Gasteiger partial charge in [-0.15, -0.1) is 0 Å². The molecule has 0 aliphatic carbocycles. The summed E-state index contributed by atoms with van der Waals surface area (Å²) in [5.74, 6) is -0.649. The molecule has 3 aromatic rings. The molecule has 4 rings (SSSR count). The van der Waals surface area contributed by atoms with Gasteiger partial charge in [-0.1, -0.05) is 36.4 Å². The lowest BCUT2D eigenvalue weighted by atomic mass is 10.00. The van der Waals surface area contributed by atoms with Crippen LogP contribution in [0.25, 0.3) is 0 Å². The van der Waals surface area contributed by atoms with Gasteiger partial charge in [-0.05, 0) is 24.3 Å². The van der Waals surface area contributed by atoms with Gasteiger partial charge in [0.05, 0.1) is 18.1 Å². The quantitative estimate of drug-likeness (QED) is 0.361. The number of amides is 1. The molecule has 0 radical (unpaired) electrons. The highest BCUT2D eigenvalue weighted by molar-refractivity contribution is 6.13. The Kier molecular flexibility index (Phi) is 6.23. The van der Waals surface area contributed by atoms with Crippen molar-refractivity contribution in [2.75, 3.05) is 36.5 Å². The van der Waals surface area contributed by atoms with E-state index in [0.29, 0.717) is 43.1 Å². The number of hydrogen-bond acceptors (Lipinski definition) is 6. The van der Waals surface area contributed by atoms with Gasteiger partial charge >= 0.3 is 0 Å². The predicted octanol–water partition coefficient (Wildman–Crippen LogP) is 3.91. The van der Waals surface area contributed by atoms with Crippen LogP contribution in [0.4, 0.5) is 17.1 Å². The molecule has 1 aliphatic heterocycles. The number of carbonyl (C=O) groups excluding carboxylic acids is 2. The predicted molar refractivity (Wildman–Crippen MR) is 120 cm³/mol. The number of hydrogen-bond donors (Lipinski definition) is 1. The first-order chi connectivity index (χ1) is 15.5. The van der Waals surface area contributed by atoms with Crippen LogP contribution in [0.15, 0.2) is 72.8 Å². The number of ether oxygens (including phenoxy) is 1.